The molecule has 1 unspecified atom stereocenters. The Morgan fingerprint density at radius 2 is 2.15 bits per heavy atom. The molecule has 0 spiro atoms. The highest BCUT2D eigenvalue weighted by Crippen LogP contribution is 2.30. The summed E-state index contributed by atoms with van der Waals surface area (Å²) in [5, 5.41) is 2.95. The molecule has 0 aromatic heterocycles. The maximum Gasteiger partial charge on any atom is 0.251 e. The molecule has 1 saturated heterocycles. The summed E-state index contributed by atoms with van der Waals surface area (Å²) in [5.41, 5.74) is 7.77. The fourth-order valence-electron chi connectivity index (χ4n) is 2.71. The van der Waals surface area contributed by atoms with Gasteiger partial charge in [0.05, 0.1) is 6.04 Å². The number of carbonyl (C=O) groups is 2. The fourth-order valence-corrected chi connectivity index (χ4v) is 2.71. The third kappa shape index (κ3) is 2.48. The average Bonchev–Trinajstić information content (AvgIpc) is 3.17. The molecule has 1 aromatic rings. The Balaban J connectivity index is 1.67. The predicted molar refractivity (Wildman–Crippen MR) is 76.2 cm³/mol. The number of benzene rings is 1. The van der Waals surface area contributed by atoms with Gasteiger partial charge < -0.3 is 16.0 Å². The van der Waals surface area contributed by atoms with E-state index in [1.807, 2.05) is 17.9 Å². The zero-order valence-electron chi connectivity index (χ0n) is 11.6. The van der Waals surface area contributed by atoms with Crippen molar-refractivity contribution in [3.63, 3.8) is 0 Å². The van der Waals surface area contributed by atoms with Crippen molar-refractivity contribution in [3.05, 3.63) is 29.3 Å². The number of hydrogen-bond acceptors (Lipinski definition) is 3. The van der Waals surface area contributed by atoms with E-state index in [9.17, 15) is 9.59 Å². The van der Waals surface area contributed by atoms with Gasteiger partial charge in [-0.05, 0) is 37.5 Å². The lowest BCUT2D eigenvalue weighted by Crippen LogP contribution is -2.37. The highest BCUT2D eigenvalue weighted by Gasteiger charge is 2.39. The maximum absolute atomic E-state index is 12.3. The molecule has 1 heterocycles. The second kappa shape index (κ2) is 4.81. The predicted octanol–water partition coefficient (Wildman–Crippen LogP) is 1.07. The molecule has 5 nitrogen and oxygen atoms in total. The normalized spacial score (nSPS) is 22.1. The van der Waals surface area contributed by atoms with Crippen LogP contribution in [-0.2, 0) is 4.79 Å². The van der Waals surface area contributed by atoms with E-state index < -0.39 is 0 Å². The SMILES string of the molecule is Cc1ccc(N)cc1C(=O)NC1CC(=O)N(C2CC2)C1. The van der Waals surface area contributed by atoms with Crippen LogP contribution in [0.5, 0.6) is 0 Å². The summed E-state index contributed by atoms with van der Waals surface area (Å²) < 4.78 is 0. The van der Waals surface area contributed by atoms with Crippen LogP contribution in [0.3, 0.4) is 0 Å². The Morgan fingerprint density at radius 1 is 1.40 bits per heavy atom. The van der Waals surface area contributed by atoms with Gasteiger partial charge in [-0.3, -0.25) is 9.59 Å². The Kier molecular flexibility index (Phi) is 3.12. The summed E-state index contributed by atoms with van der Waals surface area (Å²) in [5.74, 6) is 0.00680. The zero-order chi connectivity index (χ0) is 14.3. The van der Waals surface area contributed by atoms with E-state index in [4.69, 9.17) is 5.73 Å². The van der Waals surface area contributed by atoms with Gasteiger partial charge in [0.1, 0.15) is 0 Å². The average molecular weight is 273 g/mol. The molecule has 1 aliphatic carbocycles. The number of nitrogen functional groups attached to an aromatic ring is 1. The van der Waals surface area contributed by atoms with E-state index in [-0.39, 0.29) is 17.9 Å². The van der Waals surface area contributed by atoms with Crippen LogP contribution >= 0.6 is 0 Å². The van der Waals surface area contributed by atoms with Crippen molar-refractivity contribution in [1.82, 2.24) is 10.2 Å². The number of nitrogens with one attached hydrogen (secondary N) is 1. The van der Waals surface area contributed by atoms with E-state index in [1.165, 1.54) is 0 Å². The van der Waals surface area contributed by atoms with E-state index in [2.05, 4.69) is 5.32 Å². The van der Waals surface area contributed by atoms with E-state index >= 15 is 0 Å². The first-order valence-electron chi connectivity index (χ1n) is 7.01. The molecule has 5 heteroatoms. The van der Waals surface area contributed by atoms with E-state index in [1.54, 1.807) is 12.1 Å². The number of hydrogen-bond donors (Lipinski definition) is 2. The number of rotatable bonds is 3. The standard InChI is InChI=1S/C15H19N3O2/c1-9-2-3-10(16)6-13(9)15(20)17-11-7-14(19)18(8-11)12-4-5-12/h2-3,6,11-12H,4-5,7-8,16H2,1H3,(H,17,20). The highest BCUT2D eigenvalue weighted by molar-refractivity contribution is 5.97. The molecule has 2 amide bonds. The number of nitrogens with zero attached hydrogens (tertiary/aromatic N) is 1. The first-order valence-corrected chi connectivity index (χ1v) is 7.01. The van der Waals surface area contributed by atoms with Gasteiger partial charge in [-0.2, -0.15) is 0 Å². The van der Waals surface area contributed by atoms with Gasteiger partial charge in [-0.25, -0.2) is 0 Å². The quantitative estimate of drug-likeness (QED) is 0.809. The number of likely N-dealkylation sites (tertiary alicyclic amines) is 1. The van der Waals surface area contributed by atoms with Crippen LogP contribution in [0, 0.1) is 6.92 Å². The molecule has 1 aromatic carbocycles. The molecule has 2 fully saturated rings. The minimum atomic E-state index is -0.148. The topological polar surface area (TPSA) is 75.4 Å². The van der Waals surface area contributed by atoms with Crippen LogP contribution in [0.1, 0.15) is 35.2 Å². The van der Waals surface area contributed by atoms with Gasteiger partial charge in [-0.1, -0.05) is 6.07 Å². The monoisotopic (exact) mass is 273 g/mol. The lowest BCUT2D eigenvalue weighted by Gasteiger charge is -2.16. The summed E-state index contributed by atoms with van der Waals surface area (Å²) in [7, 11) is 0. The minimum absolute atomic E-state index is 0.0866. The molecule has 1 saturated carbocycles. The van der Waals surface area contributed by atoms with Crippen molar-refractivity contribution in [3.8, 4) is 0 Å². The molecule has 1 aliphatic heterocycles. The molecule has 0 radical (unpaired) electrons. The van der Waals surface area contributed by atoms with Gasteiger partial charge in [0.15, 0.2) is 0 Å². The van der Waals surface area contributed by atoms with Crippen molar-refractivity contribution in [2.24, 2.45) is 0 Å². The van der Waals surface area contributed by atoms with E-state index in [0.717, 1.165) is 18.4 Å². The molecule has 20 heavy (non-hydrogen) atoms. The van der Waals surface area contributed by atoms with Crippen LogP contribution < -0.4 is 11.1 Å². The van der Waals surface area contributed by atoms with Crippen LogP contribution in [0.25, 0.3) is 0 Å². The second-order valence-electron chi connectivity index (χ2n) is 5.73. The van der Waals surface area contributed by atoms with Gasteiger partial charge >= 0.3 is 0 Å². The summed E-state index contributed by atoms with van der Waals surface area (Å²) in [4.78, 5) is 26.0. The van der Waals surface area contributed by atoms with Crippen LogP contribution in [0.2, 0.25) is 0 Å². The van der Waals surface area contributed by atoms with Gasteiger partial charge in [0.2, 0.25) is 5.91 Å². The highest BCUT2D eigenvalue weighted by atomic mass is 16.2. The van der Waals surface area contributed by atoms with Crippen LogP contribution in [0.15, 0.2) is 18.2 Å². The Bertz CT molecular complexity index is 566. The summed E-state index contributed by atoms with van der Waals surface area (Å²) in [6.45, 7) is 2.52. The summed E-state index contributed by atoms with van der Waals surface area (Å²) >= 11 is 0. The fraction of sp³-hybridized carbons (Fsp3) is 0.467. The molecule has 106 valence electrons. The van der Waals surface area contributed by atoms with Crippen molar-refractivity contribution < 1.29 is 9.59 Å². The smallest absolute Gasteiger partial charge is 0.251 e. The van der Waals surface area contributed by atoms with Gasteiger partial charge in [0, 0.05) is 30.3 Å². The van der Waals surface area contributed by atoms with Crippen molar-refractivity contribution in [2.75, 3.05) is 12.3 Å². The number of carbonyl (C=O) groups excluding carboxylic acids is 2. The number of amides is 2. The lowest BCUT2D eigenvalue weighted by molar-refractivity contribution is -0.128. The van der Waals surface area contributed by atoms with Crippen molar-refractivity contribution in [2.45, 2.75) is 38.3 Å². The molecule has 3 rings (SSSR count). The largest absolute Gasteiger partial charge is 0.399 e. The van der Waals surface area contributed by atoms with Gasteiger partial charge in [0.25, 0.3) is 5.91 Å². The first-order chi connectivity index (χ1) is 9.54. The first kappa shape index (κ1) is 13.0. The van der Waals surface area contributed by atoms with Crippen molar-refractivity contribution >= 4 is 17.5 Å². The Labute approximate surface area is 118 Å². The zero-order valence-corrected chi connectivity index (χ0v) is 11.6. The summed E-state index contributed by atoms with van der Waals surface area (Å²) in [6, 6.07) is 5.62. The molecular formula is C15H19N3O2. The number of aryl methyl sites for hydroxylation is 1. The number of anilines is 1. The van der Waals surface area contributed by atoms with Crippen LogP contribution in [0.4, 0.5) is 5.69 Å². The second-order valence-corrected chi connectivity index (χ2v) is 5.73. The lowest BCUT2D eigenvalue weighted by atomic mass is 10.1. The third-order valence-corrected chi connectivity index (χ3v) is 3.99. The van der Waals surface area contributed by atoms with Gasteiger partial charge in [-0.15, -0.1) is 0 Å². The van der Waals surface area contributed by atoms with Crippen molar-refractivity contribution in [1.29, 1.82) is 0 Å². The van der Waals surface area contributed by atoms with Crippen LogP contribution in [-0.4, -0.2) is 35.3 Å². The molecule has 3 N–H and O–H groups in total. The molecule has 1 atom stereocenters. The maximum atomic E-state index is 12.3. The third-order valence-electron chi connectivity index (χ3n) is 3.99. The molecule has 0 bridgehead atoms. The Morgan fingerprint density at radius 3 is 2.85 bits per heavy atom. The summed E-state index contributed by atoms with van der Waals surface area (Å²) in [6.07, 6.45) is 2.60. The molecular weight excluding hydrogens is 254 g/mol. The van der Waals surface area contributed by atoms with E-state index in [0.29, 0.717) is 30.3 Å². The minimum Gasteiger partial charge on any atom is -0.399 e. The molecule has 2 aliphatic rings. The number of nitrogens with two attached hydrogens (primary N) is 1. The Hall–Kier alpha value is -2.04.